The van der Waals surface area contributed by atoms with E-state index in [1.165, 1.54) is 37.5 Å². The van der Waals surface area contributed by atoms with E-state index in [-0.39, 0.29) is 23.4 Å². The number of nitrogens with one attached hydrogen (secondary N) is 1. The number of rotatable bonds is 8. The lowest BCUT2D eigenvalue weighted by Crippen LogP contribution is -2.54. The first-order chi connectivity index (χ1) is 15.9. The van der Waals surface area contributed by atoms with E-state index in [4.69, 9.17) is 9.47 Å². The van der Waals surface area contributed by atoms with Crippen LogP contribution < -0.4 is 19.7 Å². The summed E-state index contributed by atoms with van der Waals surface area (Å²) >= 11 is 0. The van der Waals surface area contributed by atoms with Crippen molar-refractivity contribution in [1.82, 2.24) is 5.32 Å². The smallest absolute Gasteiger partial charge is 0.337 e. The van der Waals surface area contributed by atoms with Crippen molar-refractivity contribution in [3.8, 4) is 11.5 Å². The van der Waals surface area contributed by atoms with E-state index in [0.29, 0.717) is 23.7 Å². The lowest BCUT2D eigenvalue weighted by atomic mass is 10.1. The number of anilines is 1. The molecule has 2 aromatic rings. The second-order valence-corrected chi connectivity index (χ2v) is 6.74. The van der Waals surface area contributed by atoms with E-state index in [0.717, 1.165) is 4.90 Å². The van der Waals surface area contributed by atoms with Crippen LogP contribution in [-0.4, -0.2) is 44.1 Å². The summed E-state index contributed by atoms with van der Waals surface area (Å²) in [6.45, 7) is 6.09. The van der Waals surface area contributed by atoms with Crippen LogP contribution in [0.25, 0.3) is 6.08 Å². The summed E-state index contributed by atoms with van der Waals surface area (Å²) in [5.74, 6) is -1.27. The van der Waals surface area contributed by atoms with Crippen molar-refractivity contribution in [1.29, 1.82) is 0 Å². The summed E-state index contributed by atoms with van der Waals surface area (Å²) in [6, 6.07) is 9.70. The number of ether oxygens (including phenoxy) is 3. The number of hydrogen-bond donors (Lipinski definition) is 1. The van der Waals surface area contributed by atoms with Gasteiger partial charge in [-0.2, -0.15) is 0 Å². The molecule has 1 aliphatic rings. The lowest BCUT2D eigenvalue weighted by Gasteiger charge is -2.26. The number of amides is 4. The molecule has 9 heteroatoms. The van der Waals surface area contributed by atoms with E-state index in [1.54, 1.807) is 24.3 Å². The fourth-order valence-electron chi connectivity index (χ4n) is 3.07. The zero-order chi connectivity index (χ0) is 24.0. The van der Waals surface area contributed by atoms with Crippen molar-refractivity contribution in [2.24, 2.45) is 0 Å². The van der Waals surface area contributed by atoms with Crippen LogP contribution in [0.5, 0.6) is 11.5 Å². The Bertz CT molecular complexity index is 1140. The monoisotopic (exact) mass is 450 g/mol. The highest BCUT2D eigenvalue weighted by Crippen LogP contribution is 2.30. The third kappa shape index (κ3) is 5.09. The van der Waals surface area contributed by atoms with Crippen molar-refractivity contribution in [3.05, 3.63) is 71.8 Å². The molecule has 1 aliphatic heterocycles. The van der Waals surface area contributed by atoms with Gasteiger partial charge in [-0.05, 0) is 55.0 Å². The second kappa shape index (κ2) is 10.3. The Labute approximate surface area is 190 Å². The zero-order valence-corrected chi connectivity index (χ0v) is 18.1. The maximum atomic E-state index is 13.1. The first-order valence-corrected chi connectivity index (χ1v) is 10.00. The quantitative estimate of drug-likeness (QED) is 0.285. The van der Waals surface area contributed by atoms with Gasteiger partial charge in [0, 0.05) is 0 Å². The van der Waals surface area contributed by atoms with Gasteiger partial charge in [-0.15, -0.1) is 0 Å². The number of carbonyl (C=O) groups is 4. The molecule has 0 aromatic heterocycles. The molecule has 1 fully saturated rings. The average molecular weight is 450 g/mol. The Hall–Kier alpha value is -4.40. The molecule has 0 unspecified atom stereocenters. The van der Waals surface area contributed by atoms with Gasteiger partial charge in [-0.3, -0.25) is 14.9 Å². The first-order valence-electron chi connectivity index (χ1n) is 10.00. The van der Waals surface area contributed by atoms with Crippen LogP contribution in [0, 0.1) is 0 Å². The predicted octanol–water partition coefficient (Wildman–Crippen LogP) is 3.10. The van der Waals surface area contributed by atoms with Crippen molar-refractivity contribution in [2.75, 3.05) is 25.2 Å². The number of urea groups is 1. The molecular weight excluding hydrogens is 428 g/mol. The van der Waals surface area contributed by atoms with Gasteiger partial charge >= 0.3 is 12.0 Å². The highest BCUT2D eigenvalue weighted by molar-refractivity contribution is 6.39. The van der Waals surface area contributed by atoms with Crippen LogP contribution in [0.15, 0.2) is 60.7 Å². The Kier molecular flexibility index (Phi) is 7.24. The molecule has 0 aliphatic carbocycles. The topological polar surface area (TPSA) is 111 Å². The average Bonchev–Trinajstić information content (AvgIpc) is 2.81. The number of imide groups is 2. The Morgan fingerprint density at radius 3 is 2.42 bits per heavy atom. The summed E-state index contributed by atoms with van der Waals surface area (Å²) < 4.78 is 15.8. The molecule has 1 N–H and O–H groups in total. The molecule has 0 bridgehead atoms. The molecule has 1 heterocycles. The Morgan fingerprint density at radius 1 is 1.06 bits per heavy atom. The number of carbonyl (C=O) groups excluding carboxylic acids is 4. The summed E-state index contributed by atoms with van der Waals surface area (Å²) in [6.07, 6.45) is 2.96. The van der Waals surface area contributed by atoms with Gasteiger partial charge in [0.05, 0.1) is 25.0 Å². The standard InChI is InChI=1S/C24H22N2O7/c1-4-12-33-19-11-6-15(14-20(19)32-5-2)13-18-21(27)25-24(30)26(22(18)28)17-9-7-16(8-10-17)23(29)31-3/h4,6-11,13-14H,1,5,12H2,2-3H3,(H,25,27,30)/b18-13+. The number of barbiturate groups is 1. The van der Waals surface area contributed by atoms with Crippen molar-refractivity contribution < 1.29 is 33.4 Å². The van der Waals surface area contributed by atoms with Crippen LogP contribution in [-0.2, 0) is 14.3 Å². The normalized spacial score (nSPS) is 14.7. The molecule has 33 heavy (non-hydrogen) atoms. The van der Waals surface area contributed by atoms with E-state index >= 15 is 0 Å². The summed E-state index contributed by atoms with van der Waals surface area (Å²) in [5.41, 5.74) is 0.694. The van der Waals surface area contributed by atoms with Crippen LogP contribution in [0.3, 0.4) is 0 Å². The SMILES string of the molecule is C=CCOc1ccc(/C=C2\C(=O)NC(=O)N(c3ccc(C(=O)OC)cc3)C2=O)cc1OCC. The highest BCUT2D eigenvalue weighted by atomic mass is 16.5. The second-order valence-electron chi connectivity index (χ2n) is 6.74. The molecule has 0 saturated carbocycles. The molecule has 0 radical (unpaired) electrons. The molecule has 3 rings (SSSR count). The number of hydrogen-bond acceptors (Lipinski definition) is 7. The maximum absolute atomic E-state index is 13.1. The van der Waals surface area contributed by atoms with Gasteiger partial charge in [-0.1, -0.05) is 18.7 Å². The molecule has 1 saturated heterocycles. The van der Waals surface area contributed by atoms with E-state index < -0.39 is 23.8 Å². The molecule has 9 nitrogen and oxygen atoms in total. The van der Waals surface area contributed by atoms with E-state index in [1.807, 2.05) is 6.92 Å². The highest BCUT2D eigenvalue weighted by Gasteiger charge is 2.36. The summed E-state index contributed by atoms with van der Waals surface area (Å²) in [7, 11) is 1.25. The van der Waals surface area contributed by atoms with E-state index in [2.05, 4.69) is 16.6 Å². The van der Waals surface area contributed by atoms with Crippen molar-refractivity contribution in [2.45, 2.75) is 6.92 Å². The Morgan fingerprint density at radius 2 is 1.79 bits per heavy atom. The van der Waals surface area contributed by atoms with Crippen molar-refractivity contribution in [3.63, 3.8) is 0 Å². The zero-order valence-electron chi connectivity index (χ0n) is 18.1. The van der Waals surface area contributed by atoms with Gasteiger partial charge in [-0.25, -0.2) is 14.5 Å². The largest absolute Gasteiger partial charge is 0.490 e. The molecule has 0 atom stereocenters. The van der Waals surface area contributed by atoms with Gasteiger partial charge in [0.15, 0.2) is 11.5 Å². The molecule has 170 valence electrons. The fourth-order valence-corrected chi connectivity index (χ4v) is 3.07. The Balaban J connectivity index is 1.94. The van der Waals surface area contributed by atoms with Crippen LogP contribution in [0.1, 0.15) is 22.8 Å². The van der Waals surface area contributed by atoms with Gasteiger partial charge in [0.2, 0.25) is 0 Å². The van der Waals surface area contributed by atoms with Crippen LogP contribution in [0.4, 0.5) is 10.5 Å². The maximum Gasteiger partial charge on any atom is 0.337 e. The number of nitrogens with zero attached hydrogens (tertiary/aromatic N) is 1. The molecular formula is C24H22N2O7. The van der Waals surface area contributed by atoms with Crippen LogP contribution >= 0.6 is 0 Å². The molecule has 2 aromatic carbocycles. The van der Waals surface area contributed by atoms with Gasteiger partial charge < -0.3 is 14.2 Å². The van der Waals surface area contributed by atoms with Gasteiger partial charge in [0.1, 0.15) is 12.2 Å². The van der Waals surface area contributed by atoms with Gasteiger partial charge in [0.25, 0.3) is 11.8 Å². The minimum atomic E-state index is -0.892. The third-order valence-corrected chi connectivity index (χ3v) is 4.58. The number of benzene rings is 2. The number of methoxy groups -OCH3 is 1. The molecule has 0 spiro atoms. The van der Waals surface area contributed by atoms with E-state index in [9.17, 15) is 19.2 Å². The molecule has 4 amide bonds. The number of esters is 1. The van der Waals surface area contributed by atoms with Crippen LogP contribution in [0.2, 0.25) is 0 Å². The summed E-state index contributed by atoms with van der Waals surface area (Å²) in [5, 5.41) is 2.16. The predicted molar refractivity (Wildman–Crippen MR) is 120 cm³/mol. The first kappa shape index (κ1) is 23.3. The lowest BCUT2D eigenvalue weighted by molar-refractivity contribution is -0.122. The fraction of sp³-hybridized carbons (Fsp3) is 0.167. The minimum Gasteiger partial charge on any atom is -0.490 e. The minimum absolute atomic E-state index is 0.187. The van der Waals surface area contributed by atoms with Crippen molar-refractivity contribution >= 4 is 35.6 Å². The third-order valence-electron chi connectivity index (χ3n) is 4.58. The summed E-state index contributed by atoms with van der Waals surface area (Å²) in [4.78, 5) is 50.3.